The molecule has 0 aliphatic carbocycles. The van der Waals surface area contributed by atoms with Crippen LogP contribution in [-0.4, -0.2) is 15.0 Å². The summed E-state index contributed by atoms with van der Waals surface area (Å²) in [5, 5.41) is 2.32. The Bertz CT molecular complexity index is 3330. The van der Waals surface area contributed by atoms with E-state index in [0.29, 0.717) is 49.4 Å². The lowest BCUT2D eigenvalue weighted by molar-refractivity contribution is 0.669. The summed E-state index contributed by atoms with van der Waals surface area (Å²) in [7, 11) is 0. The van der Waals surface area contributed by atoms with Gasteiger partial charge in [0.15, 0.2) is 17.5 Å². The number of fused-ring (bicyclic) bond motifs is 4. The van der Waals surface area contributed by atoms with Crippen LogP contribution in [0.4, 0.5) is 0 Å². The van der Waals surface area contributed by atoms with E-state index >= 15 is 0 Å². The Balaban J connectivity index is 1.33. The molecule has 0 bridgehead atoms. The minimum atomic E-state index is -0.651. The largest absolute Gasteiger partial charge is 0.456 e. The van der Waals surface area contributed by atoms with Crippen LogP contribution in [0, 0.1) is 0 Å². The Morgan fingerprint density at radius 1 is 0.447 bits per heavy atom. The van der Waals surface area contributed by atoms with E-state index in [-0.39, 0.29) is 57.9 Å². The van der Waals surface area contributed by atoms with Crippen LogP contribution in [0.3, 0.4) is 0 Å². The highest BCUT2D eigenvalue weighted by molar-refractivity contribution is 6.12. The lowest BCUT2D eigenvalue weighted by Crippen LogP contribution is -2.00. The van der Waals surface area contributed by atoms with Crippen LogP contribution in [0.5, 0.6) is 0 Å². The Labute approximate surface area is 291 Å². The van der Waals surface area contributed by atoms with Crippen molar-refractivity contribution in [1.29, 1.82) is 0 Å². The van der Waals surface area contributed by atoms with E-state index in [2.05, 4.69) is 9.97 Å². The maximum absolute atomic E-state index is 9.60. The van der Waals surface area contributed by atoms with Gasteiger partial charge in [-0.15, -0.1) is 0 Å². The Morgan fingerprint density at radius 3 is 1.96 bits per heavy atom. The van der Waals surface area contributed by atoms with Gasteiger partial charge in [0.1, 0.15) is 11.2 Å². The summed E-state index contributed by atoms with van der Waals surface area (Å²) in [4.78, 5) is 13.9. The zero-order chi connectivity index (χ0) is 43.3. The van der Waals surface area contributed by atoms with Crippen LogP contribution in [-0.2, 0) is 0 Å². The van der Waals surface area contributed by atoms with Crippen molar-refractivity contribution < 1.29 is 23.6 Å². The Kier molecular flexibility index (Phi) is 3.87. The maximum Gasteiger partial charge on any atom is 0.164 e. The second-order valence-corrected chi connectivity index (χ2v) is 10.6. The van der Waals surface area contributed by atoms with Crippen molar-refractivity contribution in [3.8, 4) is 56.4 Å². The lowest BCUT2D eigenvalue weighted by atomic mass is 9.97. The van der Waals surface area contributed by atoms with Crippen molar-refractivity contribution in [1.82, 2.24) is 15.0 Å². The second-order valence-electron chi connectivity index (χ2n) is 10.6. The Hall–Kier alpha value is -6.39. The van der Waals surface area contributed by atoms with Gasteiger partial charge in [-0.2, -0.15) is 0 Å². The van der Waals surface area contributed by atoms with E-state index in [1.807, 2.05) is 18.2 Å². The fraction of sp³-hybridized carbons (Fsp3) is 0. The van der Waals surface area contributed by atoms with Crippen LogP contribution in [0.15, 0.2) is 168 Å². The molecule has 0 saturated carbocycles. The molecule has 47 heavy (non-hydrogen) atoms. The molecular weight excluding hydrogens is 574 g/mol. The quantitative estimate of drug-likeness (QED) is 0.193. The Morgan fingerprint density at radius 2 is 1.11 bits per heavy atom. The molecule has 7 aromatic carbocycles. The number of hydrogen-bond acceptors (Lipinski definition) is 4. The van der Waals surface area contributed by atoms with Gasteiger partial charge in [0, 0.05) is 27.5 Å². The first-order valence-electron chi connectivity index (χ1n) is 21.6. The van der Waals surface area contributed by atoms with Crippen LogP contribution in [0.1, 0.15) is 19.2 Å². The van der Waals surface area contributed by atoms with Gasteiger partial charge < -0.3 is 4.42 Å². The third kappa shape index (κ3) is 4.84. The molecule has 0 spiro atoms. The minimum absolute atomic E-state index is 0.00544. The normalized spacial score (nSPS) is 15.6. The summed E-state index contributed by atoms with van der Waals surface area (Å²) < 4.78 is 127. The van der Waals surface area contributed by atoms with E-state index in [4.69, 9.17) is 27.2 Å². The first-order valence-corrected chi connectivity index (χ1v) is 14.6. The van der Waals surface area contributed by atoms with Gasteiger partial charge in [-0.25, -0.2) is 15.0 Å². The van der Waals surface area contributed by atoms with Crippen molar-refractivity contribution in [2.45, 2.75) is 0 Å². The van der Waals surface area contributed by atoms with Gasteiger partial charge in [-0.1, -0.05) is 139 Å². The first kappa shape index (κ1) is 16.3. The average molecular weight is 616 g/mol. The van der Waals surface area contributed by atoms with Crippen molar-refractivity contribution in [3.63, 3.8) is 0 Å². The van der Waals surface area contributed by atoms with Crippen LogP contribution in [0.25, 0.3) is 89.1 Å². The van der Waals surface area contributed by atoms with Crippen molar-refractivity contribution in [2.24, 2.45) is 0 Å². The molecule has 2 aromatic heterocycles. The summed E-state index contributed by atoms with van der Waals surface area (Å²) in [5.74, 6) is -0.819. The topological polar surface area (TPSA) is 51.8 Å². The molecule has 0 atom stereocenters. The molecule has 220 valence electrons. The van der Waals surface area contributed by atoms with E-state index in [0.717, 1.165) is 0 Å². The smallest absolute Gasteiger partial charge is 0.164 e. The number of hydrogen-bond donors (Lipinski definition) is 0. The molecule has 9 aromatic rings. The van der Waals surface area contributed by atoms with Gasteiger partial charge in [0.2, 0.25) is 0 Å². The number of para-hydroxylation sites is 1. The first-order chi connectivity index (χ1) is 29.1. The SMILES string of the molecule is [2H]c1c([2H])c([2H])c(-c2ccc3c(-c4nc(-c5c([2H])c([2H])c([2H])c([2H])c5[2H])nc(-c5c([2H])c([2H])c([2H])c(-c6cccc7oc8ccccc8c67)c5[2H])n4)cccc3c2)c([2H])c1[2H]. The molecule has 0 aliphatic rings. The molecule has 0 unspecified atom stereocenters. The molecule has 4 nitrogen and oxygen atoms in total. The summed E-state index contributed by atoms with van der Waals surface area (Å²) >= 11 is 0. The fourth-order valence-corrected chi connectivity index (χ4v) is 5.68. The van der Waals surface area contributed by atoms with E-state index in [1.165, 1.54) is 0 Å². The molecule has 0 fully saturated rings. The van der Waals surface area contributed by atoms with Crippen molar-refractivity contribution in [3.05, 3.63) is 163 Å². The molecule has 0 aliphatic heterocycles. The van der Waals surface area contributed by atoms with E-state index in [1.54, 1.807) is 60.7 Å². The predicted molar refractivity (Wildman–Crippen MR) is 192 cm³/mol. The maximum atomic E-state index is 9.60. The highest BCUT2D eigenvalue weighted by Crippen LogP contribution is 2.38. The van der Waals surface area contributed by atoms with Gasteiger partial charge in [0.25, 0.3) is 0 Å². The number of benzene rings is 7. The predicted octanol–water partition coefficient (Wildman–Crippen LogP) is 11.3. The molecule has 2 heterocycles. The molecular formula is C43H27N3O. The van der Waals surface area contributed by atoms with Crippen LogP contribution in [0.2, 0.25) is 0 Å². The minimum Gasteiger partial charge on any atom is -0.456 e. The van der Waals surface area contributed by atoms with Crippen LogP contribution >= 0.6 is 0 Å². The second kappa shape index (κ2) is 11.2. The zero-order valence-corrected chi connectivity index (χ0v) is 24.3. The molecule has 0 N–H and O–H groups in total. The van der Waals surface area contributed by atoms with Gasteiger partial charge in [0.05, 0.1) is 19.2 Å². The molecule has 9 rings (SSSR count). The fourth-order valence-electron chi connectivity index (χ4n) is 5.68. The third-order valence-electron chi connectivity index (χ3n) is 7.79. The molecule has 4 heteroatoms. The van der Waals surface area contributed by atoms with Crippen molar-refractivity contribution in [2.75, 3.05) is 0 Å². The standard InChI is InChI=1S/C43H27N3O/c1-3-12-28(13-4-1)30-24-25-34-31(26-30)17-10-21-36(34)43-45-41(29-14-5-2-6-15-29)44-42(46-43)33-18-9-16-32(27-33)35-20-11-23-39-40(35)37-19-7-8-22-38(37)47-39/h1-27H/i1D,2D,3D,4D,5D,6D,9D,12D,13D,14D,15D,16D,18D,27D. The summed E-state index contributed by atoms with van der Waals surface area (Å²) in [6.45, 7) is 0. The number of nitrogens with zero attached hydrogens (tertiary/aromatic N) is 3. The van der Waals surface area contributed by atoms with E-state index in [9.17, 15) is 1.37 Å². The summed E-state index contributed by atoms with van der Waals surface area (Å²) in [6, 6.07) is 15.0. The summed E-state index contributed by atoms with van der Waals surface area (Å²) in [6.07, 6.45) is 0. The number of furan rings is 1. The zero-order valence-electron chi connectivity index (χ0n) is 38.3. The third-order valence-corrected chi connectivity index (χ3v) is 7.79. The van der Waals surface area contributed by atoms with Crippen LogP contribution < -0.4 is 0 Å². The molecule has 0 amide bonds. The highest BCUT2D eigenvalue weighted by Gasteiger charge is 2.17. The van der Waals surface area contributed by atoms with Gasteiger partial charge in [-0.05, 0) is 57.3 Å². The summed E-state index contributed by atoms with van der Waals surface area (Å²) in [5.41, 5.74) is 1.41. The number of aromatic nitrogens is 3. The molecule has 0 saturated heterocycles. The average Bonchev–Trinajstić information content (AvgIpc) is 3.65. The lowest BCUT2D eigenvalue weighted by Gasteiger charge is -2.12. The monoisotopic (exact) mass is 615 g/mol. The highest BCUT2D eigenvalue weighted by atomic mass is 16.3. The van der Waals surface area contributed by atoms with Gasteiger partial charge in [-0.3, -0.25) is 0 Å². The van der Waals surface area contributed by atoms with Gasteiger partial charge >= 0.3 is 0 Å². The molecule has 0 radical (unpaired) electrons. The van der Waals surface area contributed by atoms with Crippen molar-refractivity contribution >= 4 is 32.7 Å². The van der Waals surface area contributed by atoms with E-state index < -0.39 is 66.5 Å². The number of rotatable bonds is 5.